The fourth-order valence-electron chi connectivity index (χ4n) is 3.97. The lowest BCUT2D eigenvalue weighted by molar-refractivity contribution is -0.123. The predicted octanol–water partition coefficient (Wildman–Crippen LogP) is 5.36. The molecule has 0 fully saturated rings. The number of rotatable bonds is 11. The lowest BCUT2D eigenvalue weighted by Gasteiger charge is -2.22. The molecule has 0 spiro atoms. The van der Waals surface area contributed by atoms with Gasteiger partial charge >= 0.3 is 6.09 Å². The van der Waals surface area contributed by atoms with Gasteiger partial charge in [0, 0.05) is 12.6 Å². The molecule has 2 amide bonds. The van der Waals surface area contributed by atoms with Gasteiger partial charge in [-0.15, -0.1) is 0 Å². The average molecular weight is 506 g/mol. The van der Waals surface area contributed by atoms with Crippen molar-refractivity contribution in [2.24, 2.45) is 0 Å². The van der Waals surface area contributed by atoms with Crippen LogP contribution in [0.4, 0.5) is 4.79 Å². The van der Waals surface area contributed by atoms with Gasteiger partial charge in [0.25, 0.3) is 0 Å². The third-order valence-corrected chi connectivity index (χ3v) is 5.92. The van der Waals surface area contributed by atoms with Gasteiger partial charge in [-0.25, -0.2) is 4.79 Å². The molecule has 0 aliphatic rings. The minimum Gasteiger partial charge on any atom is -0.445 e. The van der Waals surface area contributed by atoms with Gasteiger partial charge in [0.15, 0.2) is 0 Å². The van der Waals surface area contributed by atoms with Crippen LogP contribution in [-0.4, -0.2) is 29.1 Å². The van der Waals surface area contributed by atoms with Crippen LogP contribution in [0.5, 0.6) is 0 Å². The Labute approximate surface area is 223 Å². The molecule has 2 atom stereocenters. The van der Waals surface area contributed by atoms with Crippen LogP contribution < -0.4 is 10.6 Å². The Morgan fingerprint density at radius 3 is 1.89 bits per heavy atom. The number of carbonyl (C=O) groups excluding carboxylic acids is 2. The van der Waals surface area contributed by atoms with Gasteiger partial charge in [0.05, 0.1) is 11.7 Å². The van der Waals surface area contributed by atoms with E-state index in [1.807, 2.05) is 121 Å². The van der Waals surface area contributed by atoms with E-state index in [0.29, 0.717) is 12.8 Å². The number of nitrogens with one attached hydrogen (secondary N) is 2. The summed E-state index contributed by atoms with van der Waals surface area (Å²) in [6.45, 7) is 0.121. The van der Waals surface area contributed by atoms with E-state index in [-0.39, 0.29) is 18.6 Å². The summed E-state index contributed by atoms with van der Waals surface area (Å²) in [5, 5.41) is 5.88. The monoisotopic (exact) mass is 505 g/mol. The van der Waals surface area contributed by atoms with Crippen molar-refractivity contribution < 1.29 is 14.3 Å². The Morgan fingerprint density at radius 2 is 1.29 bits per heavy atom. The third-order valence-electron chi connectivity index (χ3n) is 5.92. The van der Waals surface area contributed by atoms with Crippen molar-refractivity contribution in [3.05, 3.63) is 144 Å². The predicted molar refractivity (Wildman–Crippen MR) is 149 cm³/mol. The number of ether oxygens (including phenoxy) is 1. The number of pyridine rings is 1. The van der Waals surface area contributed by atoms with E-state index >= 15 is 0 Å². The molecule has 2 N–H and O–H groups in total. The number of nitrogens with zero attached hydrogens (tertiary/aromatic N) is 1. The van der Waals surface area contributed by atoms with Crippen LogP contribution in [0.15, 0.2) is 121 Å². The zero-order valence-corrected chi connectivity index (χ0v) is 21.1. The van der Waals surface area contributed by atoms with Crippen LogP contribution in [0, 0.1) is 0 Å². The highest BCUT2D eigenvalue weighted by Crippen LogP contribution is 2.09. The second-order valence-corrected chi connectivity index (χ2v) is 8.87. The number of benzene rings is 3. The number of amides is 2. The van der Waals surface area contributed by atoms with Crippen molar-refractivity contribution in [2.75, 3.05) is 0 Å². The highest BCUT2D eigenvalue weighted by atomic mass is 16.5. The van der Waals surface area contributed by atoms with Crippen LogP contribution in [-0.2, 0) is 29.0 Å². The zero-order chi connectivity index (χ0) is 26.4. The SMILES string of the molecule is O=C(N[C@@H](Cc1ccccc1)C(=O)N[C@H](/C=C/c1ccccn1)Cc1ccccc1)OCc1ccccc1. The van der Waals surface area contributed by atoms with Crippen molar-refractivity contribution in [1.82, 2.24) is 15.6 Å². The lowest BCUT2D eigenvalue weighted by atomic mass is 10.0. The number of carbonyl (C=O) groups is 2. The van der Waals surface area contributed by atoms with Gasteiger partial charge in [-0.2, -0.15) is 0 Å². The average Bonchev–Trinajstić information content (AvgIpc) is 2.96. The Bertz CT molecular complexity index is 1300. The van der Waals surface area contributed by atoms with E-state index in [2.05, 4.69) is 15.6 Å². The molecule has 0 aliphatic carbocycles. The van der Waals surface area contributed by atoms with Gasteiger partial charge < -0.3 is 15.4 Å². The lowest BCUT2D eigenvalue weighted by Crippen LogP contribution is -2.50. The van der Waals surface area contributed by atoms with E-state index < -0.39 is 12.1 Å². The molecule has 38 heavy (non-hydrogen) atoms. The first kappa shape index (κ1) is 26.4. The molecular weight excluding hydrogens is 474 g/mol. The van der Waals surface area contributed by atoms with Gasteiger partial charge in [-0.05, 0) is 41.3 Å². The first-order valence-corrected chi connectivity index (χ1v) is 12.6. The van der Waals surface area contributed by atoms with Gasteiger partial charge in [0.1, 0.15) is 12.6 Å². The van der Waals surface area contributed by atoms with Crippen molar-refractivity contribution in [2.45, 2.75) is 31.5 Å². The molecule has 1 aromatic heterocycles. The summed E-state index contributed by atoms with van der Waals surface area (Å²) in [5.41, 5.74) is 3.68. The maximum Gasteiger partial charge on any atom is 0.408 e. The summed E-state index contributed by atoms with van der Waals surface area (Å²) < 4.78 is 5.40. The highest BCUT2D eigenvalue weighted by Gasteiger charge is 2.24. The molecule has 4 aromatic rings. The molecule has 192 valence electrons. The van der Waals surface area contributed by atoms with E-state index in [1.165, 1.54) is 0 Å². The van der Waals surface area contributed by atoms with Gasteiger partial charge in [0.2, 0.25) is 5.91 Å². The summed E-state index contributed by atoms with van der Waals surface area (Å²) in [5.74, 6) is -0.294. The first-order chi connectivity index (χ1) is 18.7. The molecule has 0 aliphatic heterocycles. The fraction of sp³-hybridized carbons (Fsp3) is 0.156. The highest BCUT2D eigenvalue weighted by molar-refractivity contribution is 5.86. The van der Waals surface area contributed by atoms with Crippen LogP contribution in [0.1, 0.15) is 22.4 Å². The molecule has 3 aromatic carbocycles. The largest absolute Gasteiger partial charge is 0.445 e. The van der Waals surface area contributed by atoms with E-state index in [4.69, 9.17) is 4.74 Å². The molecule has 0 unspecified atom stereocenters. The number of hydrogen-bond donors (Lipinski definition) is 2. The minimum absolute atomic E-state index is 0.121. The van der Waals surface area contributed by atoms with E-state index in [1.54, 1.807) is 6.20 Å². The Hall–Kier alpha value is -4.71. The molecule has 4 rings (SSSR count). The maximum atomic E-state index is 13.5. The summed E-state index contributed by atoms with van der Waals surface area (Å²) in [6.07, 6.45) is 5.82. The summed E-state index contributed by atoms with van der Waals surface area (Å²) >= 11 is 0. The summed E-state index contributed by atoms with van der Waals surface area (Å²) in [6, 6.07) is 33.5. The van der Waals surface area contributed by atoms with Crippen molar-refractivity contribution in [3.8, 4) is 0 Å². The first-order valence-electron chi connectivity index (χ1n) is 12.6. The van der Waals surface area contributed by atoms with Crippen LogP contribution in [0.2, 0.25) is 0 Å². The normalized spacial score (nSPS) is 12.4. The van der Waals surface area contributed by atoms with Crippen molar-refractivity contribution in [3.63, 3.8) is 0 Å². The number of hydrogen-bond acceptors (Lipinski definition) is 4. The Kier molecular flexibility index (Phi) is 9.80. The number of alkyl carbamates (subject to hydrolysis) is 1. The molecule has 1 heterocycles. The van der Waals surface area contributed by atoms with Crippen LogP contribution >= 0.6 is 0 Å². The zero-order valence-electron chi connectivity index (χ0n) is 21.1. The number of aromatic nitrogens is 1. The van der Waals surface area contributed by atoms with Crippen molar-refractivity contribution >= 4 is 18.1 Å². The second-order valence-electron chi connectivity index (χ2n) is 8.87. The smallest absolute Gasteiger partial charge is 0.408 e. The Morgan fingerprint density at radius 1 is 0.711 bits per heavy atom. The molecule has 6 nitrogen and oxygen atoms in total. The fourth-order valence-corrected chi connectivity index (χ4v) is 3.97. The molecular formula is C32H31N3O3. The van der Waals surface area contributed by atoms with Crippen LogP contribution in [0.3, 0.4) is 0 Å². The van der Waals surface area contributed by atoms with Crippen LogP contribution in [0.25, 0.3) is 6.08 Å². The molecule has 6 heteroatoms. The Balaban J connectivity index is 1.48. The molecule has 0 saturated heterocycles. The summed E-state index contributed by atoms with van der Waals surface area (Å²) in [7, 11) is 0. The topological polar surface area (TPSA) is 80.3 Å². The van der Waals surface area contributed by atoms with E-state index in [0.717, 1.165) is 22.4 Å². The standard InChI is InChI=1S/C32H31N3O3/c36-31(34-29(22-25-12-4-1-5-13-25)20-19-28-18-10-11-21-33-28)30(23-26-14-6-2-7-15-26)35-32(37)38-24-27-16-8-3-9-17-27/h1-21,29-30H,22-24H2,(H,34,36)(H,35,37)/b20-19+/t29-,30+/m1/s1. The third kappa shape index (κ3) is 8.75. The molecule has 0 saturated carbocycles. The summed E-state index contributed by atoms with van der Waals surface area (Å²) in [4.78, 5) is 30.6. The van der Waals surface area contributed by atoms with Gasteiger partial charge in [-0.3, -0.25) is 9.78 Å². The quantitative estimate of drug-likeness (QED) is 0.288. The molecule has 0 radical (unpaired) electrons. The maximum absolute atomic E-state index is 13.5. The minimum atomic E-state index is -0.817. The second kappa shape index (κ2) is 14.1. The van der Waals surface area contributed by atoms with Gasteiger partial charge in [-0.1, -0.05) is 103 Å². The van der Waals surface area contributed by atoms with E-state index in [9.17, 15) is 9.59 Å². The van der Waals surface area contributed by atoms with Crippen molar-refractivity contribution in [1.29, 1.82) is 0 Å². The molecule has 0 bridgehead atoms.